The molecule has 0 fully saturated rings. The molecule has 106 valence electrons. The highest BCUT2D eigenvalue weighted by Crippen LogP contribution is 2.25. The predicted octanol–water partition coefficient (Wildman–Crippen LogP) is 2.51. The Morgan fingerprint density at radius 1 is 1.37 bits per heavy atom. The van der Waals surface area contributed by atoms with Gasteiger partial charge in [0.2, 0.25) is 5.91 Å². The van der Waals surface area contributed by atoms with Crippen molar-refractivity contribution in [3.63, 3.8) is 0 Å². The summed E-state index contributed by atoms with van der Waals surface area (Å²) in [5.74, 6) is -0.933. The van der Waals surface area contributed by atoms with E-state index in [4.69, 9.17) is 5.73 Å². The molecule has 1 rings (SSSR count). The molecule has 1 aromatic carbocycles. The van der Waals surface area contributed by atoms with Crippen LogP contribution in [0.3, 0.4) is 0 Å². The van der Waals surface area contributed by atoms with E-state index in [0.29, 0.717) is 0 Å². The first-order chi connectivity index (χ1) is 8.69. The Hall–Kier alpha value is -1.76. The molecule has 0 heterocycles. The molecule has 0 radical (unpaired) electrons. The van der Waals surface area contributed by atoms with Crippen LogP contribution in [-0.4, -0.2) is 18.3 Å². The number of anilines is 1. The Bertz CT molecular complexity index is 447. The maximum absolute atomic E-state index is 12.0. The summed E-state index contributed by atoms with van der Waals surface area (Å²) in [6, 6.07) is 4.29. The molecule has 0 aliphatic rings. The van der Waals surface area contributed by atoms with Crippen molar-refractivity contribution in [3.8, 4) is 5.75 Å². The fourth-order valence-electron chi connectivity index (χ4n) is 1.30. The molecule has 0 bridgehead atoms. The van der Waals surface area contributed by atoms with Gasteiger partial charge in [0.1, 0.15) is 5.75 Å². The molecule has 0 spiro atoms. The highest BCUT2D eigenvalue weighted by Gasteiger charge is 2.31. The van der Waals surface area contributed by atoms with Gasteiger partial charge in [-0.15, -0.1) is 13.2 Å². The third-order valence-corrected chi connectivity index (χ3v) is 2.36. The van der Waals surface area contributed by atoms with E-state index in [1.165, 1.54) is 12.1 Å². The summed E-state index contributed by atoms with van der Waals surface area (Å²) in [5, 5.41) is 2.44. The van der Waals surface area contributed by atoms with Crippen molar-refractivity contribution in [2.24, 2.45) is 11.7 Å². The Morgan fingerprint density at radius 3 is 2.53 bits per heavy atom. The standard InChI is InChI=1S/C12H15F3N2O2/c1-7(2)10(16)11(18)17-8-4-3-5-9(6-8)19-12(13,14)15/h3-7,10H,16H2,1-2H3,(H,17,18)/t10-/m0/s1. The molecular weight excluding hydrogens is 261 g/mol. The zero-order chi connectivity index (χ0) is 14.6. The number of hydrogen-bond acceptors (Lipinski definition) is 3. The molecule has 0 saturated heterocycles. The molecule has 1 aromatic rings. The van der Waals surface area contributed by atoms with E-state index in [1.54, 1.807) is 13.8 Å². The lowest BCUT2D eigenvalue weighted by molar-refractivity contribution is -0.274. The van der Waals surface area contributed by atoms with Crippen molar-refractivity contribution >= 4 is 11.6 Å². The highest BCUT2D eigenvalue weighted by atomic mass is 19.4. The summed E-state index contributed by atoms with van der Waals surface area (Å²) in [5.41, 5.74) is 5.82. The molecule has 0 unspecified atom stereocenters. The van der Waals surface area contributed by atoms with E-state index in [-0.39, 0.29) is 11.6 Å². The van der Waals surface area contributed by atoms with Crippen LogP contribution in [0.25, 0.3) is 0 Å². The molecule has 0 aliphatic heterocycles. The summed E-state index contributed by atoms with van der Waals surface area (Å²) in [4.78, 5) is 11.7. The first-order valence-corrected chi connectivity index (χ1v) is 5.61. The maximum atomic E-state index is 12.0. The van der Waals surface area contributed by atoms with Crippen LogP contribution in [0.2, 0.25) is 0 Å². The lowest BCUT2D eigenvalue weighted by Gasteiger charge is -2.16. The highest BCUT2D eigenvalue weighted by molar-refractivity contribution is 5.94. The summed E-state index contributed by atoms with van der Waals surface area (Å²) in [6.45, 7) is 3.54. The van der Waals surface area contributed by atoms with Crippen molar-refractivity contribution in [2.75, 3.05) is 5.32 Å². The van der Waals surface area contributed by atoms with Crippen molar-refractivity contribution in [3.05, 3.63) is 24.3 Å². The zero-order valence-electron chi connectivity index (χ0n) is 10.5. The van der Waals surface area contributed by atoms with Crippen LogP contribution in [-0.2, 0) is 4.79 Å². The fourth-order valence-corrected chi connectivity index (χ4v) is 1.30. The minimum absolute atomic E-state index is 0.0744. The van der Waals surface area contributed by atoms with Crippen LogP contribution in [0.4, 0.5) is 18.9 Å². The van der Waals surface area contributed by atoms with Crippen LogP contribution in [0, 0.1) is 5.92 Å². The minimum Gasteiger partial charge on any atom is -0.406 e. The van der Waals surface area contributed by atoms with E-state index >= 15 is 0 Å². The molecule has 1 amide bonds. The molecule has 19 heavy (non-hydrogen) atoms. The number of amides is 1. The molecule has 0 aromatic heterocycles. The Labute approximate surface area is 108 Å². The number of halogens is 3. The van der Waals surface area contributed by atoms with Crippen LogP contribution in [0.1, 0.15) is 13.8 Å². The van der Waals surface area contributed by atoms with Crippen molar-refractivity contribution < 1.29 is 22.7 Å². The number of carbonyl (C=O) groups excluding carboxylic acids is 1. The fraction of sp³-hybridized carbons (Fsp3) is 0.417. The SMILES string of the molecule is CC(C)[C@H](N)C(=O)Nc1cccc(OC(F)(F)F)c1. The molecule has 0 saturated carbocycles. The van der Waals surface area contributed by atoms with Gasteiger partial charge in [-0.1, -0.05) is 19.9 Å². The lowest BCUT2D eigenvalue weighted by Crippen LogP contribution is -2.39. The smallest absolute Gasteiger partial charge is 0.406 e. The van der Waals surface area contributed by atoms with Gasteiger partial charge >= 0.3 is 6.36 Å². The number of nitrogens with two attached hydrogens (primary N) is 1. The van der Waals surface area contributed by atoms with Gasteiger partial charge in [-0.3, -0.25) is 4.79 Å². The second kappa shape index (κ2) is 5.92. The third-order valence-electron chi connectivity index (χ3n) is 2.36. The summed E-state index contributed by atoms with van der Waals surface area (Å²) in [6.07, 6.45) is -4.77. The largest absolute Gasteiger partial charge is 0.573 e. The molecule has 4 nitrogen and oxygen atoms in total. The van der Waals surface area contributed by atoms with Gasteiger partial charge < -0.3 is 15.8 Å². The van der Waals surface area contributed by atoms with Crippen LogP contribution >= 0.6 is 0 Å². The van der Waals surface area contributed by atoms with Gasteiger partial charge in [-0.05, 0) is 18.1 Å². The Morgan fingerprint density at radius 2 is 2.00 bits per heavy atom. The zero-order valence-corrected chi connectivity index (χ0v) is 10.5. The number of rotatable bonds is 4. The van der Waals surface area contributed by atoms with E-state index in [9.17, 15) is 18.0 Å². The quantitative estimate of drug-likeness (QED) is 0.888. The van der Waals surface area contributed by atoms with Gasteiger partial charge in [-0.2, -0.15) is 0 Å². The molecule has 7 heteroatoms. The normalized spacial score (nSPS) is 13.2. The van der Waals surface area contributed by atoms with Gasteiger partial charge in [0.25, 0.3) is 0 Å². The summed E-state index contributed by atoms with van der Waals surface area (Å²) >= 11 is 0. The first kappa shape index (κ1) is 15.3. The maximum Gasteiger partial charge on any atom is 0.573 e. The van der Waals surface area contributed by atoms with E-state index in [2.05, 4.69) is 10.1 Å². The number of ether oxygens (including phenoxy) is 1. The number of benzene rings is 1. The second-order valence-corrected chi connectivity index (χ2v) is 4.33. The number of nitrogens with one attached hydrogen (secondary N) is 1. The third kappa shape index (κ3) is 5.17. The topological polar surface area (TPSA) is 64.4 Å². The van der Waals surface area contributed by atoms with Crippen LogP contribution in [0.5, 0.6) is 5.75 Å². The monoisotopic (exact) mass is 276 g/mol. The second-order valence-electron chi connectivity index (χ2n) is 4.33. The van der Waals surface area contributed by atoms with Gasteiger partial charge in [-0.25, -0.2) is 0 Å². The average molecular weight is 276 g/mol. The Kier molecular flexibility index (Phi) is 4.77. The van der Waals surface area contributed by atoms with Gasteiger partial charge in [0.15, 0.2) is 0 Å². The van der Waals surface area contributed by atoms with Crippen molar-refractivity contribution in [1.29, 1.82) is 0 Å². The minimum atomic E-state index is -4.77. The van der Waals surface area contributed by atoms with Gasteiger partial charge in [0.05, 0.1) is 6.04 Å². The molecule has 0 aliphatic carbocycles. The lowest BCUT2D eigenvalue weighted by atomic mass is 10.0. The van der Waals surface area contributed by atoms with Crippen LogP contribution < -0.4 is 15.8 Å². The van der Waals surface area contributed by atoms with E-state index in [0.717, 1.165) is 12.1 Å². The molecular formula is C12H15F3N2O2. The van der Waals surface area contributed by atoms with Crippen molar-refractivity contribution in [2.45, 2.75) is 26.3 Å². The summed E-state index contributed by atoms with van der Waals surface area (Å²) < 4.78 is 39.9. The van der Waals surface area contributed by atoms with E-state index in [1.807, 2.05) is 0 Å². The van der Waals surface area contributed by atoms with Crippen LogP contribution in [0.15, 0.2) is 24.3 Å². The Balaban J connectivity index is 2.75. The number of alkyl halides is 3. The number of hydrogen-bond donors (Lipinski definition) is 2. The van der Waals surface area contributed by atoms with Crippen molar-refractivity contribution in [1.82, 2.24) is 0 Å². The predicted molar refractivity (Wildman–Crippen MR) is 64.6 cm³/mol. The molecule has 3 N–H and O–H groups in total. The first-order valence-electron chi connectivity index (χ1n) is 5.61. The average Bonchev–Trinajstić information content (AvgIpc) is 2.25. The number of carbonyl (C=O) groups is 1. The van der Waals surface area contributed by atoms with Gasteiger partial charge in [0, 0.05) is 11.8 Å². The summed E-state index contributed by atoms with van der Waals surface area (Å²) in [7, 11) is 0. The molecule has 1 atom stereocenters. The van der Waals surface area contributed by atoms with E-state index < -0.39 is 24.1 Å².